The molecule has 0 aliphatic carbocycles. The zero-order valence-corrected chi connectivity index (χ0v) is 18.9. The summed E-state index contributed by atoms with van der Waals surface area (Å²) in [6.45, 7) is 3.57. The Morgan fingerprint density at radius 1 is 1.17 bits per heavy atom. The van der Waals surface area contributed by atoms with Gasteiger partial charge in [-0.05, 0) is 19.1 Å². The van der Waals surface area contributed by atoms with E-state index in [4.69, 9.17) is 19.6 Å². The second-order valence-corrected chi connectivity index (χ2v) is 8.78. The van der Waals surface area contributed by atoms with Gasteiger partial charge in [0.25, 0.3) is 0 Å². The number of nitrogens with one attached hydrogen (secondary N) is 1. The number of ether oxygens (including phenoxy) is 2. The van der Waals surface area contributed by atoms with Crippen molar-refractivity contribution in [3.8, 4) is 11.7 Å². The van der Waals surface area contributed by atoms with Gasteiger partial charge >= 0.3 is 5.95 Å². The summed E-state index contributed by atoms with van der Waals surface area (Å²) >= 11 is 0. The van der Waals surface area contributed by atoms with Crippen LogP contribution in [0.1, 0.15) is 17.7 Å². The summed E-state index contributed by atoms with van der Waals surface area (Å²) in [5.74, 6) is 3.16. The Bertz CT molecular complexity index is 875. The van der Waals surface area contributed by atoms with Crippen molar-refractivity contribution in [2.75, 3.05) is 32.7 Å². The summed E-state index contributed by atoms with van der Waals surface area (Å²) in [7, 11) is 5.08. The number of aromatic nitrogens is 3. The molecular formula is C20H26ClN3O3S2. The molecule has 3 aromatic rings. The van der Waals surface area contributed by atoms with Crippen LogP contribution in [0.25, 0.3) is 17.0 Å². The Balaban J connectivity index is 0.00000300. The number of hydrogen-bond acceptors (Lipinski definition) is 6. The third-order valence-corrected chi connectivity index (χ3v) is 6.54. The van der Waals surface area contributed by atoms with Crippen LogP contribution in [0.3, 0.4) is 0 Å². The van der Waals surface area contributed by atoms with Gasteiger partial charge in [-0.3, -0.25) is 0 Å². The maximum atomic E-state index is 9.03. The number of benzene rings is 1. The maximum absolute atomic E-state index is 9.03. The van der Waals surface area contributed by atoms with Crippen LogP contribution in [-0.4, -0.2) is 47.8 Å². The van der Waals surface area contributed by atoms with E-state index in [1.807, 2.05) is 36.5 Å². The molecule has 9 heteroatoms. The molecule has 0 saturated carbocycles. The highest BCUT2D eigenvalue weighted by atomic mass is 35.5. The number of aliphatic hydroxyl groups is 1. The summed E-state index contributed by atoms with van der Waals surface area (Å²) in [6.07, 6.45) is 2.85. The number of methoxy groups -OCH3 is 1. The standard InChI is InChI=1S/C20H26N3O3S2.ClH/c1-15-18(14-28-27-13-10-24)23(9-8-19(15)26-12-5-11-25-2)20-21-16-6-3-4-7-17(16)22-20;/h3-4,6-9,24H,5,10-14H2,1-2H3,(H,21,22);1H/q+1;/p-1. The Morgan fingerprint density at radius 3 is 2.76 bits per heavy atom. The fourth-order valence-corrected chi connectivity index (χ4v) is 4.75. The molecule has 0 saturated heterocycles. The molecule has 0 fully saturated rings. The second kappa shape index (κ2) is 12.3. The Labute approximate surface area is 185 Å². The number of rotatable bonds is 11. The quantitative estimate of drug-likeness (QED) is 0.248. The van der Waals surface area contributed by atoms with Crippen molar-refractivity contribution in [3.05, 3.63) is 47.8 Å². The molecule has 0 unspecified atom stereocenters. The summed E-state index contributed by atoms with van der Waals surface area (Å²) < 4.78 is 13.2. The number of H-pyrrole nitrogens is 1. The van der Waals surface area contributed by atoms with E-state index >= 15 is 0 Å². The minimum Gasteiger partial charge on any atom is -1.00 e. The summed E-state index contributed by atoms with van der Waals surface area (Å²) in [5.41, 5.74) is 4.17. The largest absolute Gasteiger partial charge is 1.00 e. The molecule has 0 amide bonds. The number of para-hydroxylation sites is 2. The molecule has 2 N–H and O–H groups in total. The Morgan fingerprint density at radius 2 is 2.00 bits per heavy atom. The van der Waals surface area contributed by atoms with Crippen molar-refractivity contribution in [3.63, 3.8) is 0 Å². The lowest BCUT2D eigenvalue weighted by Gasteiger charge is -2.14. The number of aromatic amines is 1. The average Bonchev–Trinajstić information content (AvgIpc) is 3.14. The molecule has 0 aliphatic rings. The molecule has 6 nitrogen and oxygen atoms in total. The van der Waals surface area contributed by atoms with Gasteiger partial charge in [0, 0.05) is 37.5 Å². The number of hydrogen-bond donors (Lipinski definition) is 2. The third-order valence-electron chi connectivity index (χ3n) is 4.28. The predicted molar refractivity (Wildman–Crippen MR) is 115 cm³/mol. The summed E-state index contributed by atoms with van der Waals surface area (Å²) in [6, 6.07) is 10.0. The predicted octanol–water partition coefficient (Wildman–Crippen LogP) is 0.441. The van der Waals surface area contributed by atoms with Crippen LogP contribution in [-0.2, 0) is 10.5 Å². The monoisotopic (exact) mass is 455 g/mol. The maximum Gasteiger partial charge on any atom is 0.402 e. The zero-order chi connectivity index (χ0) is 19.8. The van der Waals surface area contributed by atoms with Crippen molar-refractivity contribution in [1.82, 2.24) is 9.97 Å². The summed E-state index contributed by atoms with van der Waals surface area (Å²) in [4.78, 5) is 8.14. The highest BCUT2D eigenvalue weighted by molar-refractivity contribution is 8.76. The molecule has 158 valence electrons. The number of halogens is 1. The van der Waals surface area contributed by atoms with Gasteiger partial charge in [-0.15, -0.1) is 0 Å². The molecular weight excluding hydrogens is 430 g/mol. The molecule has 3 rings (SSSR count). The SMILES string of the molecule is COCCCOc1cc[n+](-c2nc3ccccc3[nH]2)c(CSSCCO)c1C.[Cl-]. The van der Waals surface area contributed by atoms with Crippen molar-refractivity contribution < 1.29 is 31.6 Å². The first-order valence-electron chi connectivity index (χ1n) is 9.21. The minimum atomic E-state index is 0. The van der Waals surface area contributed by atoms with Crippen LogP contribution < -0.4 is 21.7 Å². The molecule has 0 spiro atoms. The number of nitrogens with zero attached hydrogens (tertiary/aromatic N) is 2. The normalized spacial score (nSPS) is 10.9. The second-order valence-electron chi connectivity index (χ2n) is 6.20. The van der Waals surface area contributed by atoms with Gasteiger partial charge in [0.1, 0.15) is 17.0 Å². The van der Waals surface area contributed by atoms with Crippen molar-refractivity contribution in [2.45, 2.75) is 19.1 Å². The van der Waals surface area contributed by atoms with Crippen LogP contribution in [0.5, 0.6) is 5.75 Å². The van der Waals surface area contributed by atoms with E-state index in [9.17, 15) is 0 Å². The lowest BCUT2D eigenvalue weighted by Crippen LogP contribution is -3.00. The fraction of sp³-hybridized carbons (Fsp3) is 0.400. The van der Waals surface area contributed by atoms with Gasteiger partial charge < -0.3 is 27.0 Å². The Kier molecular flexibility index (Phi) is 10.1. The molecule has 2 aromatic heterocycles. The Hall–Kier alpha value is -1.45. The number of fused-ring (bicyclic) bond motifs is 1. The smallest absolute Gasteiger partial charge is 0.402 e. The topological polar surface area (TPSA) is 71.2 Å². The van der Waals surface area contributed by atoms with Gasteiger partial charge in [-0.25, -0.2) is 9.55 Å². The fourth-order valence-electron chi connectivity index (χ4n) is 2.85. The number of pyridine rings is 1. The number of imidazole rings is 1. The molecule has 0 radical (unpaired) electrons. The lowest BCUT2D eigenvalue weighted by molar-refractivity contribution is -0.610. The highest BCUT2D eigenvalue weighted by Crippen LogP contribution is 2.29. The van der Waals surface area contributed by atoms with Crippen LogP contribution in [0.2, 0.25) is 0 Å². The van der Waals surface area contributed by atoms with Gasteiger partial charge in [-0.2, -0.15) is 0 Å². The summed E-state index contributed by atoms with van der Waals surface area (Å²) in [5, 5.41) is 9.03. The minimum absolute atomic E-state index is 0. The van der Waals surface area contributed by atoms with E-state index in [1.54, 1.807) is 28.7 Å². The van der Waals surface area contributed by atoms with E-state index in [0.29, 0.717) is 19.0 Å². The van der Waals surface area contributed by atoms with E-state index < -0.39 is 0 Å². The van der Waals surface area contributed by atoms with E-state index in [-0.39, 0.29) is 19.0 Å². The molecule has 0 bridgehead atoms. The molecule has 0 aliphatic heterocycles. The van der Waals surface area contributed by atoms with Crippen LogP contribution >= 0.6 is 21.6 Å². The van der Waals surface area contributed by atoms with Crippen molar-refractivity contribution >= 4 is 32.6 Å². The van der Waals surface area contributed by atoms with Crippen molar-refractivity contribution in [2.24, 2.45) is 0 Å². The zero-order valence-electron chi connectivity index (χ0n) is 16.6. The van der Waals surface area contributed by atoms with Gasteiger partial charge in [-0.1, -0.05) is 38.7 Å². The average molecular weight is 456 g/mol. The van der Waals surface area contributed by atoms with E-state index in [1.165, 1.54) is 0 Å². The number of aliphatic hydroxyl groups excluding tert-OH is 1. The van der Waals surface area contributed by atoms with Crippen LogP contribution in [0.4, 0.5) is 0 Å². The van der Waals surface area contributed by atoms with Crippen molar-refractivity contribution in [1.29, 1.82) is 0 Å². The first-order chi connectivity index (χ1) is 13.7. The van der Waals surface area contributed by atoms with Gasteiger partial charge in [0.2, 0.25) is 0 Å². The van der Waals surface area contributed by atoms with Crippen LogP contribution in [0.15, 0.2) is 36.5 Å². The first-order valence-corrected chi connectivity index (χ1v) is 11.7. The first kappa shape index (κ1) is 23.8. The molecule has 1 aromatic carbocycles. The van der Waals surface area contributed by atoms with E-state index in [0.717, 1.165) is 46.2 Å². The third kappa shape index (κ3) is 6.26. The lowest BCUT2D eigenvalue weighted by atomic mass is 10.2. The van der Waals surface area contributed by atoms with Gasteiger partial charge in [0.15, 0.2) is 5.52 Å². The molecule has 2 heterocycles. The molecule has 0 atom stereocenters. The molecule has 29 heavy (non-hydrogen) atoms. The van der Waals surface area contributed by atoms with Gasteiger partial charge in [0.05, 0.1) is 25.2 Å². The van der Waals surface area contributed by atoms with Crippen LogP contribution in [0, 0.1) is 6.92 Å². The van der Waals surface area contributed by atoms with E-state index in [2.05, 4.69) is 16.5 Å². The highest BCUT2D eigenvalue weighted by Gasteiger charge is 2.20.